The normalized spacial score (nSPS) is 18.0. The lowest BCUT2D eigenvalue weighted by Gasteiger charge is -2.16. The number of aromatic amines is 1. The first kappa shape index (κ1) is 11.8. The summed E-state index contributed by atoms with van der Waals surface area (Å²) in [5.41, 5.74) is 2.42. The molecular formula is C14H14N2O3. The Morgan fingerprint density at radius 2 is 2.05 bits per heavy atom. The summed E-state index contributed by atoms with van der Waals surface area (Å²) < 4.78 is 0. The van der Waals surface area contributed by atoms with E-state index in [4.69, 9.17) is 0 Å². The van der Waals surface area contributed by atoms with Gasteiger partial charge < -0.3 is 15.2 Å². The lowest BCUT2D eigenvalue weighted by molar-refractivity contribution is -0.139. The minimum absolute atomic E-state index is 0.198. The zero-order valence-electron chi connectivity index (χ0n) is 10.3. The molecule has 98 valence electrons. The maximum absolute atomic E-state index is 11.2. The predicted octanol–water partition coefficient (Wildman–Crippen LogP) is 2.29. The Labute approximate surface area is 109 Å². The van der Waals surface area contributed by atoms with Crippen molar-refractivity contribution in [3.05, 3.63) is 35.7 Å². The molecule has 3 rings (SSSR count). The molecule has 1 aliphatic rings. The molecule has 1 heterocycles. The SMILES string of the molecule is O=C(O)C1CCCc2[nH]c(-c3ccc(O)cc3)nc21. The largest absolute Gasteiger partial charge is 0.508 e. The fraction of sp³-hybridized carbons (Fsp3) is 0.286. The molecule has 5 nitrogen and oxygen atoms in total. The molecule has 0 saturated carbocycles. The third-order valence-electron chi connectivity index (χ3n) is 3.50. The number of rotatable bonds is 2. The van der Waals surface area contributed by atoms with Crippen molar-refractivity contribution in [2.75, 3.05) is 0 Å². The third-order valence-corrected chi connectivity index (χ3v) is 3.50. The van der Waals surface area contributed by atoms with Gasteiger partial charge in [-0.25, -0.2) is 4.98 Å². The molecule has 1 aromatic carbocycles. The van der Waals surface area contributed by atoms with Gasteiger partial charge in [0.05, 0.1) is 5.69 Å². The van der Waals surface area contributed by atoms with E-state index < -0.39 is 11.9 Å². The molecule has 5 heteroatoms. The molecule has 0 saturated heterocycles. The summed E-state index contributed by atoms with van der Waals surface area (Å²) in [5.74, 6) is -0.461. The van der Waals surface area contributed by atoms with Crippen molar-refractivity contribution in [2.45, 2.75) is 25.2 Å². The van der Waals surface area contributed by atoms with Crippen molar-refractivity contribution in [1.29, 1.82) is 0 Å². The molecule has 2 aromatic rings. The van der Waals surface area contributed by atoms with Crippen LogP contribution >= 0.6 is 0 Å². The maximum Gasteiger partial charge on any atom is 0.312 e. The second-order valence-corrected chi connectivity index (χ2v) is 4.78. The number of aromatic hydroxyl groups is 1. The summed E-state index contributed by atoms with van der Waals surface area (Å²) >= 11 is 0. The summed E-state index contributed by atoms with van der Waals surface area (Å²) in [5, 5.41) is 18.5. The standard InChI is InChI=1S/C14H14N2O3/c17-9-6-4-8(5-7-9)13-15-11-3-1-2-10(14(18)19)12(11)16-13/h4-7,10,17H,1-3H2,(H,15,16)(H,18,19). The molecule has 0 fully saturated rings. The Morgan fingerprint density at radius 1 is 1.32 bits per heavy atom. The van der Waals surface area contributed by atoms with Gasteiger partial charge in [-0.15, -0.1) is 0 Å². The van der Waals surface area contributed by atoms with Gasteiger partial charge in [0.2, 0.25) is 0 Å². The van der Waals surface area contributed by atoms with Crippen molar-refractivity contribution in [3.63, 3.8) is 0 Å². The lowest BCUT2D eigenvalue weighted by Crippen LogP contribution is -2.17. The first-order valence-electron chi connectivity index (χ1n) is 6.26. The summed E-state index contributed by atoms with van der Waals surface area (Å²) in [6.45, 7) is 0. The van der Waals surface area contributed by atoms with E-state index in [1.165, 1.54) is 0 Å². The first-order valence-corrected chi connectivity index (χ1v) is 6.26. The van der Waals surface area contributed by atoms with Crippen molar-refractivity contribution >= 4 is 5.97 Å². The second kappa shape index (κ2) is 4.42. The Bertz CT molecular complexity index is 616. The Morgan fingerprint density at radius 3 is 2.74 bits per heavy atom. The number of nitrogens with one attached hydrogen (secondary N) is 1. The number of fused-ring (bicyclic) bond motifs is 1. The molecule has 0 spiro atoms. The van der Waals surface area contributed by atoms with Crippen LogP contribution in [0.4, 0.5) is 0 Å². The van der Waals surface area contributed by atoms with Gasteiger partial charge in [-0.2, -0.15) is 0 Å². The van der Waals surface area contributed by atoms with Crippen LogP contribution in [0.5, 0.6) is 5.75 Å². The summed E-state index contributed by atoms with van der Waals surface area (Å²) in [7, 11) is 0. The van der Waals surface area contributed by atoms with Gasteiger partial charge in [-0.05, 0) is 43.5 Å². The highest BCUT2D eigenvalue weighted by atomic mass is 16.4. The topological polar surface area (TPSA) is 86.2 Å². The van der Waals surface area contributed by atoms with Gasteiger partial charge >= 0.3 is 5.97 Å². The quantitative estimate of drug-likeness (QED) is 0.771. The molecule has 0 radical (unpaired) electrons. The predicted molar refractivity (Wildman–Crippen MR) is 69.0 cm³/mol. The zero-order valence-corrected chi connectivity index (χ0v) is 10.3. The molecule has 1 unspecified atom stereocenters. The molecule has 0 aliphatic heterocycles. The highest BCUT2D eigenvalue weighted by Gasteiger charge is 2.29. The van der Waals surface area contributed by atoms with E-state index in [9.17, 15) is 15.0 Å². The minimum Gasteiger partial charge on any atom is -0.508 e. The second-order valence-electron chi connectivity index (χ2n) is 4.78. The van der Waals surface area contributed by atoms with Gasteiger partial charge in [-0.3, -0.25) is 4.79 Å². The highest BCUT2D eigenvalue weighted by molar-refractivity contribution is 5.76. The fourth-order valence-electron chi connectivity index (χ4n) is 2.52. The van der Waals surface area contributed by atoms with Crippen LogP contribution in [0.15, 0.2) is 24.3 Å². The lowest BCUT2D eigenvalue weighted by atomic mass is 9.90. The average molecular weight is 258 g/mol. The monoisotopic (exact) mass is 258 g/mol. The number of hydrogen-bond donors (Lipinski definition) is 3. The molecule has 0 amide bonds. The summed E-state index contributed by atoms with van der Waals surface area (Å²) in [4.78, 5) is 18.9. The van der Waals surface area contributed by atoms with E-state index in [2.05, 4.69) is 9.97 Å². The highest BCUT2D eigenvalue weighted by Crippen LogP contribution is 2.32. The van der Waals surface area contributed by atoms with Crippen molar-refractivity contribution < 1.29 is 15.0 Å². The number of benzene rings is 1. The van der Waals surface area contributed by atoms with Crippen LogP contribution in [0.3, 0.4) is 0 Å². The van der Waals surface area contributed by atoms with E-state index >= 15 is 0 Å². The van der Waals surface area contributed by atoms with Crippen LogP contribution in [0.25, 0.3) is 11.4 Å². The Hall–Kier alpha value is -2.30. The number of carboxylic acids is 1. The minimum atomic E-state index is -0.815. The molecule has 3 N–H and O–H groups in total. The van der Waals surface area contributed by atoms with Crippen LogP contribution in [-0.2, 0) is 11.2 Å². The Kier molecular flexibility index (Phi) is 2.74. The number of phenolic OH excluding ortho intramolecular Hbond substituents is 1. The molecule has 1 atom stereocenters. The number of hydrogen-bond acceptors (Lipinski definition) is 3. The molecule has 0 bridgehead atoms. The van der Waals surface area contributed by atoms with Crippen molar-refractivity contribution in [2.24, 2.45) is 0 Å². The molecule has 1 aromatic heterocycles. The van der Waals surface area contributed by atoms with Gasteiger partial charge in [0.1, 0.15) is 17.5 Å². The third kappa shape index (κ3) is 2.07. The number of imidazole rings is 1. The van der Waals surface area contributed by atoms with E-state index in [-0.39, 0.29) is 5.75 Å². The van der Waals surface area contributed by atoms with E-state index in [1.807, 2.05) is 0 Å². The maximum atomic E-state index is 11.2. The average Bonchev–Trinajstić information content (AvgIpc) is 2.82. The van der Waals surface area contributed by atoms with Gasteiger partial charge in [0.15, 0.2) is 0 Å². The zero-order chi connectivity index (χ0) is 13.4. The number of carboxylic acid groups (broad SMARTS) is 1. The van der Waals surface area contributed by atoms with Crippen LogP contribution in [0.2, 0.25) is 0 Å². The van der Waals surface area contributed by atoms with Gasteiger partial charge in [-0.1, -0.05) is 0 Å². The number of nitrogens with zero attached hydrogens (tertiary/aromatic N) is 1. The van der Waals surface area contributed by atoms with Crippen LogP contribution in [0.1, 0.15) is 30.1 Å². The van der Waals surface area contributed by atoms with E-state index in [0.717, 1.165) is 24.1 Å². The van der Waals surface area contributed by atoms with Gasteiger partial charge in [0, 0.05) is 11.3 Å². The number of carbonyl (C=O) groups is 1. The first-order chi connectivity index (χ1) is 9.15. The van der Waals surface area contributed by atoms with Crippen molar-refractivity contribution in [3.8, 4) is 17.1 Å². The number of H-pyrrole nitrogens is 1. The van der Waals surface area contributed by atoms with Crippen LogP contribution in [-0.4, -0.2) is 26.2 Å². The van der Waals surface area contributed by atoms with Crippen LogP contribution in [0, 0.1) is 0 Å². The molecule has 19 heavy (non-hydrogen) atoms. The molecular weight excluding hydrogens is 244 g/mol. The van der Waals surface area contributed by atoms with Crippen molar-refractivity contribution in [1.82, 2.24) is 9.97 Å². The number of aliphatic carboxylic acids is 1. The van der Waals surface area contributed by atoms with E-state index in [1.54, 1.807) is 24.3 Å². The smallest absolute Gasteiger partial charge is 0.312 e. The van der Waals surface area contributed by atoms with E-state index in [0.29, 0.717) is 17.9 Å². The summed E-state index contributed by atoms with van der Waals surface area (Å²) in [6, 6.07) is 6.70. The fourth-order valence-corrected chi connectivity index (χ4v) is 2.52. The number of aryl methyl sites for hydroxylation is 1. The van der Waals surface area contributed by atoms with Crippen LogP contribution < -0.4 is 0 Å². The number of phenols is 1. The number of aromatic nitrogens is 2. The summed E-state index contributed by atoms with van der Waals surface area (Å²) in [6.07, 6.45) is 2.34. The molecule has 1 aliphatic carbocycles. The van der Waals surface area contributed by atoms with Gasteiger partial charge in [0.25, 0.3) is 0 Å². The Balaban J connectivity index is 2.02.